The van der Waals surface area contributed by atoms with Gasteiger partial charge in [-0.25, -0.2) is 0 Å². The normalized spacial score (nSPS) is 26.0. The lowest BCUT2D eigenvalue weighted by molar-refractivity contribution is 0.0720. The van der Waals surface area contributed by atoms with Crippen LogP contribution < -0.4 is 0 Å². The Hall–Kier alpha value is -0.240. The van der Waals surface area contributed by atoms with Crippen LogP contribution in [0.4, 0.5) is 0 Å². The molecule has 3 atom stereocenters. The average Bonchev–Trinajstić information content (AvgIpc) is 2.34. The first-order chi connectivity index (χ1) is 8.58. The fourth-order valence-electron chi connectivity index (χ4n) is 2.93. The molecule has 0 radical (unpaired) electrons. The summed E-state index contributed by atoms with van der Waals surface area (Å²) in [6.07, 6.45) is 4.98. The van der Waals surface area contributed by atoms with Crippen LogP contribution in [0.15, 0.2) is 18.2 Å². The van der Waals surface area contributed by atoms with Crippen molar-refractivity contribution in [3.63, 3.8) is 0 Å². The average molecular weight is 287 g/mol. The highest BCUT2D eigenvalue weighted by atomic mass is 35.5. The predicted molar refractivity (Wildman–Crippen MR) is 77.3 cm³/mol. The molecule has 2 rings (SSSR count). The maximum Gasteiger partial charge on any atom is 0.0609 e. The van der Waals surface area contributed by atoms with Crippen LogP contribution in [-0.4, -0.2) is 11.2 Å². The van der Waals surface area contributed by atoms with Crippen LogP contribution in [0.3, 0.4) is 0 Å². The zero-order chi connectivity index (χ0) is 13.1. The molecule has 18 heavy (non-hydrogen) atoms. The van der Waals surface area contributed by atoms with Gasteiger partial charge in [0.25, 0.3) is 0 Å². The van der Waals surface area contributed by atoms with Gasteiger partial charge in [0.15, 0.2) is 0 Å². The summed E-state index contributed by atoms with van der Waals surface area (Å²) in [5.74, 6) is 1.11. The minimum absolute atomic E-state index is 0.329. The minimum Gasteiger partial charge on any atom is -0.392 e. The Bertz CT molecular complexity index is 385. The van der Waals surface area contributed by atoms with Crippen molar-refractivity contribution in [2.24, 2.45) is 11.8 Å². The lowest BCUT2D eigenvalue weighted by atomic mass is 9.78. The molecule has 0 heterocycles. The zero-order valence-electron chi connectivity index (χ0n) is 10.7. The van der Waals surface area contributed by atoms with E-state index in [4.69, 9.17) is 23.2 Å². The molecule has 0 aliphatic heterocycles. The van der Waals surface area contributed by atoms with Crippen molar-refractivity contribution in [2.75, 3.05) is 0 Å². The van der Waals surface area contributed by atoms with Crippen LogP contribution >= 0.6 is 23.2 Å². The number of rotatable bonds is 3. The van der Waals surface area contributed by atoms with E-state index in [1.807, 2.05) is 18.2 Å². The molecular weight excluding hydrogens is 267 g/mol. The van der Waals surface area contributed by atoms with Crippen molar-refractivity contribution in [1.82, 2.24) is 0 Å². The summed E-state index contributed by atoms with van der Waals surface area (Å²) in [6, 6.07) is 5.50. The summed E-state index contributed by atoms with van der Waals surface area (Å²) in [5, 5.41) is 11.7. The summed E-state index contributed by atoms with van der Waals surface area (Å²) in [5.41, 5.74) is 0.881. The third-order valence-electron chi connectivity index (χ3n) is 4.00. The molecule has 0 bridgehead atoms. The summed E-state index contributed by atoms with van der Waals surface area (Å²) in [6.45, 7) is 2.27. The fourth-order valence-corrected chi connectivity index (χ4v) is 3.49. The van der Waals surface area contributed by atoms with Crippen LogP contribution in [0.2, 0.25) is 10.0 Å². The summed E-state index contributed by atoms with van der Waals surface area (Å²) in [7, 11) is 0. The van der Waals surface area contributed by atoms with Gasteiger partial charge in [0, 0.05) is 16.5 Å². The van der Waals surface area contributed by atoms with E-state index in [1.165, 1.54) is 12.8 Å². The Morgan fingerprint density at radius 3 is 2.56 bits per heavy atom. The molecule has 1 aliphatic rings. The lowest BCUT2D eigenvalue weighted by Gasteiger charge is -2.30. The van der Waals surface area contributed by atoms with Crippen LogP contribution in [0.25, 0.3) is 0 Å². The van der Waals surface area contributed by atoms with Crippen LogP contribution in [0.5, 0.6) is 0 Å². The second-order valence-electron chi connectivity index (χ2n) is 5.50. The quantitative estimate of drug-likeness (QED) is 0.852. The Morgan fingerprint density at radius 2 is 1.94 bits per heavy atom. The molecule has 1 fully saturated rings. The van der Waals surface area contributed by atoms with Crippen molar-refractivity contribution >= 4 is 23.2 Å². The van der Waals surface area contributed by atoms with Gasteiger partial charge in [-0.1, -0.05) is 49.0 Å². The maximum atomic E-state index is 10.4. The molecule has 1 aromatic rings. The van der Waals surface area contributed by atoms with Gasteiger partial charge in [-0.2, -0.15) is 0 Å². The van der Waals surface area contributed by atoms with Crippen molar-refractivity contribution in [3.05, 3.63) is 33.8 Å². The number of halogens is 2. The van der Waals surface area contributed by atoms with E-state index in [0.29, 0.717) is 22.4 Å². The SMILES string of the molecule is CC1CCCC(C(O)Cc2c(Cl)cccc2Cl)C1. The van der Waals surface area contributed by atoms with E-state index in [-0.39, 0.29) is 6.10 Å². The summed E-state index contributed by atoms with van der Waals surface area (Å²) < 4.78 is 0. The van der Waals surface area contributed by atoms with Crippen molar-refractivity contribution in [3.8, 4) is 0 Å². The number of aliphatic hydroxyl groups excluding tert-OH is 1. The molecule has 1 nitrogen and oxygen atoms in total. The molecular formula is C15H20Cl2O. The lowest BCUT2D eigenvalue weighted by Crippen LogP contribution is -2.27. The highest BCUT2D eigenvalue weighted by molar-refractivity contribution is 6.35. The molecule has 0 aromatic heterocycles. The smallest absolute Gasteiger partial charge is 0.0609 e. The highest BCUT2D eigenvalue weighted by Crippen LogP contribution is 2.34. The van der Waals surface area contributed by atoms with Gasteiger partial charge in [-0.15, -0.1) is 0 Å². The molecule has 100 valence electrons. The molecule has 0 amide bonds. The van der Waals surface area contributed by atoms with E-state index in [0.717, 1.165) is 24.3 Å². The first-order valence-corrected chi connectivity index (χ1v) is 7.44. The van der Waals surface area contributed by atoms with Gasteiger partial charge in [0.2, 0.25) is 0 Å². The van der Waals surface area contributed by atoms with E-state index in [1.54, 1.807) is 0 Å². The number of hydrogen-bond acceptors (Lipinski definition) is 1. The van der Waals surface area contributed by atoms with E-state index < -0.39 is 0 Å². The number of hydrogen-bond donors (Lipinski definition) is 1. The van der Waals surface area contributed by atoms with Crippen LogP contribution in [0.1, 0.15) is 38.2 Å². The van der Waals surface area contributed by atoms with Gasteiger partial charge in [0.05, 0.1) is 6.10 Å². The molecule has 0 saturated heterocycles. The highest BCUT2D eigenvalue weighted by Gasteiger charge is 2.26. The van der Waals surface area contributed by atoms with Crippen molar-refractivity contribution < 1.29 is 5.11 Å². The largest absolute Gasteiger partial charge is 0.392 e. The first-order valence-electron chi connectivity index (χ1n) is 6.69. The molecule has 3 heteroatoms. The second kappa shape index (κ2) is 6.27. The second-order valence-corrected chi connectivity index (χ2v) is 6.32. The Balaban J connectivity index is 2.04. The third kappa shape index (κ3) is 3.40. The fraction of sp³-hybridized carbons (Fsp3) is 0.600. The zero-order valence-corrected chi connectivity index (χ0v) is 12.2. The Labute approximate surface area is 119 Å². The van der Waals surface area contributed by atoms with Gasteiger partial charge in [-0.3, -0.25) is 0 Å². The topological polar surface area (TPSA) is 20.2 Å². The van der Waals surface area contributed by atoms with Crippen molar-refractivity contribution in [2.45, 2.75) is 45.1 Å². The van der Waals surface area contributed by atoms with Crippen LogP contribution in [-0.2, 0) is 6.42 Å². The van der Waals surface area contributed by atoms with E-state index in [2.05, 4.69) is 6.92 Å². The molecule has 1 saturated carbocycles. The summed E-state index contributed by atoms with van der Waals surface area (Å²) in [4.78, 5) is 0. The van der Waals surface area contributed by atoms with E-state index >= 15 is 0 Å². The standard InChI is InChI=1S/C15H20Cl2O/c1-10-4-2-5-11(8-10)15(18)9-12-13(16)6-3-7-14(12)17/h3,6-7,10-11,15,18H,2,4-5,8-9H2,1H3. The van der Waals surface area contributed by atoms with Crippen LogP contribution in [0, 0.1) is 11.8 Å². The molecule has 3 unspecified atom stereocenters. The monoisotopic (exact) mass is 286 g/mol. The number of benzene rings is 1. The summed E-state index contributed by atoms with van der Waals surface area (Å²) >= 11 is 12.3. The maximum absolute atomic E-state index is 10.4. The first kappa shape index (κ1) is 14.2. The molecule has 1 N–H and O–H groups in total. The van der Waals surface area contributed by atoms with Gasteiger partial charge in [-0.05, 0) is 42.4 Å². The van der Waals surface area contributed by atoms with Gasteiger partial charge < -0.3 is 5.11 Å². The van der Waals surface area contributed by atoms with E-state index in [9.17, 15) is 5.11 Å². The van der Waals surface area contributed by atoms with Gasteiger partial charge >= 0.3 is 0 Å². The Morgan fingerprint density at radius 1 is 1.28 bits per heavy atom. The molecule has 0 spiro atoms. The minimum atomic E-state index is -0.329. The molecule has 1 aliphatic carbocycles. The third-order valence-corrected chi connectivity index (χ3v) is 4.70. The Kier molecular flexibility index (Phi) is 4.94. The predicted octanol–water partition coefficient (Wildman–Crippen LogP) is 4.72. The van der Waals surface area contributed by atoms with Gasteiger partial charge in [0.1, 0.15) is 0 Å². The molecule has 1 aromatic carbocycles. The van der Waals surface area contributed by atoms with Crippen molar-refractivity contribution in [1.29, 1.82) is 0 Å². The number of aliphatic hydroxyl groups is 1.